The molecule has 0 saturated carbocycles. The van der Waals surface area contributed by atoms with Crippen LogP contribution in [-0.4, -0.2) is 32.3 Å². The average Bonchev–Trinajstić information content (AvgIpc) is 2.54. The molecule has 0 amide bonds. The second-order valence-electron chi connectivity index (χ2n) is 4.24. The molecule has 0 spiro atoms. The van der Waals surface area contributed by atoms with E-state index in [-0.39, 0.29) is 31.6 Å². The monoisotopic (exact) mass is 325 g/mol. The number of carbonyl (C=O) groups excluding carboxylic acids is 2. The van der Waals surface area contributed by atoms with Crippen molar-refractivity contribution in [1.29, 1.82) is 0 Å². The summed E-state index contributed by atoms with van der Waals surface area (Å²) in [4.78, 5) is 22.5. The minimum atomic E-state index is -1.97. The van der Waals surface area contributed by atoms with Gasteiger partial charge in [-0.05, 0) is 16.7 Å². The highest BCUT2D eigenvalue weighted by Gasteiger charge is 2.21. The first-order valence-corrected chi connectivity index (χ1v) is 7.79. The van der Waals surface area contributed by atoms with Crippen LogP contribution < -0.4 is 5.30 Å². The first-order chi connectivity index (χ1) is 10.5. The highest BCUT2D eigenvalue weighted by Crippen LogP contribution is 2.21. The fourth-order valence-electron chi connectivity index (χ4n) is 1.44. The smallest absolute Gasteiger partial charge is 0.466 e. The summed E-state index contributed by atoms with van der Waals surface area (Å²) in [6, 6.07) is 8.71. The van der Waals surface area contributed by atoms with Crippen LogP contribution >= 0.6 is 8.03 Å². The molecular weight excluding hydrogens is 307 g/mol. The molecule has 1 aromatic carbocycles. The molecule has 1 rings (SSSR count). The van der Waals surface area contributed by atoms with E-state index in [1.807, 2.05) is 6.07 Å². The molecule has 22 heavy (non-hydrogen) atoms. The van der Waals surface area contributed by atoms with Gasteiger partial charge in [0.1, 0.15) is 6.61 Å². The fourth-order valence-corrected chi connectivity index (χ4v) is 2.26. The van der Waals surface area contributed by atoms with Crippen molar-refractivity contribution in [2.45, 2.75) is 12.8 Å². The topological polar surface area (TPSA) is 78.9 Å². The van der Waals surface area contributed by atoms with E-state index in [0.717, 1.165) is 0 Å². The van der Waals surface area contributed by atoms with Crippen LogP contribution in [0.25, 0.3) is 0 Å². The van der Waals surface area contributed by atoms with Crippen LogP contribution in [0.5, 0.6) is 0 Å². The lowest BCUT2D eigenvalue weighted by atomic mass is 10.2. The van der Waals surface area contributed by atoms with Crippen LogP contribution in [0, 0.1) is 0 Å². The summed E-state index contributed by atoms with van der Waals surface area (Å²) >= 11 is 0. The average molecular weight is 325 g/mol. The molecule has 0 aliphatic carbocycles. The lowest BCUT2D eigenvalue weighted by molar-refractivity contribution is -0.145. The van der Waals surface area contributed by atoms with E-state index < -0.39 is 20.0 Å². The van der Waals surface area contributed by atoms with Crippen molar-refractivity contribution in [3.05, 3.63) is 42.5 Å². The Kier molecular flexibility index (Phi) is 8.04. The van der Waals surface area contributed by atoms with Crippen molar-refractivity contribution in [2.75, 3.05) is 20.3 Å². The molecule has 0 saturated heterocycles. The van der Waals surface area contributed by atoms with E-state index in [1.54, 1.807) is 24.3 Å². The summed E-state index contributed by atoms with van der Waals surface area (Å²) < 4.78 is 26.2. The maximum atomic E-state index is 11.7. The van der Waals surface area contributed by atoms with Crippen molar-refractivity contribution in [2.24, 2.45) is 0 Å². The third kappa shape index (κ3) is 6.61. The molecule has 0 heterocycles. The molecule has 1 aromatic rings. The summed E-state index contributed by atoms with van der Waals surface area (Å²) in [5, 5.41) is 0.570. The van der Waals surface area contributed by atoms with Crippen molar-refractivity contribution < 1.29 is 28.2 Å². The normalized spacial score (nSPS) is 10.7. The quantitative estimate of drug-likeness (QED) is 0.393. The maximum Gasteiger partial charge on any atom is 0.548 e. The predicted octanol–water partition coefficient (Wildman–Crippen LogP) is 2.12. The van der Waals surface area contributed by atoms with Gasteiger partial charge in [0.05, 0.1) is 20.1 Å². The highest BCUT2D eigenvalue weighted by atomic mass is 31.1. The Morgan fingerprint density at radius 2 is 1.82 bits per heavy atom. The highest BCUT2D eigenvalue weighted by molar-refractivity contribution is 7.48. The zero-order valence-electron chi connectivity index (χ0n) is 12.3. The van der Waals surface area contributed by atoms with Crippen LogP contribution in [0.1, 0.15) is 12.8 Å². The molecule has 0 aliphatic heterocycles. The SMILES string of the molecule is C=C(CCOC(=O)CCO[P+](=O)c1ccccc1)C(=O)OC. The molecule has 6 nitrogen and oxygen atoms in total. The van der Waals surface area contributed by atoms with Gasteiger partial charge in [0.15, 0.2) is 0 Å². The summed E-state index contributed by atoms with van der Waals surface area (Å²) in [6.07, 6.45) is 0.191. The van der Waals surface area contributed by atoms with Crippen LogP contribution in [0.3, 0.4) is 0 Å². The number of benzene rings is 1. The molecule has 0 N–H and O–H groups in total. The molecule has 0 aromatic heterocycles. The Bertz CT molecular complexity index is 540. The van der Waals surface area contributed by atoms with Crippen molar-refractivity contribution in [3.63, 3.8) is 0 Å². The second-order valence-corrected chi connectivity index (χ2v) is 5.53. The van der Waals surface area contributed by atoms with Crippen molar-refractivity contribution in [3.8, 4) is 0 Å². The number of esters is 2. The van der Waals surface area contributed by atoms with Gasteiger partial charge in [-0.25, -0.2) is 4.79 Å². The molecule has 0 radical (unpaired) electrons. The predicted molar refractivity (Wildman–Crippen MR) is 81.0 cm³/mol. The first kappa shape index (κ1) is 18.0. The van der Waals surface area contributed by atoms with Gasteiger partial charge in [-0.2, -0.15) is 0 Å². The van der Waals surface area contributed by atoms with E-state index in [1.165, 1.54) is 7.11 Å². The fraction of sp³-hybridized carbons (Fsp3) is 0.333. The van der Waals surface area contributed by atoms with Gasteiger partial charge < -0.3 is 9.47 Å². The summed E-state index contributed by atoms with van der Waals surface area (Å²) in [5.41, 5.74) is 0.235. The standard InChI is InChI=1S/C15H18O6P/c1-12(15(17)19-2)8-10-20-14(16)9-11-21-22(18)13-6-4-3-5-7-13/h3-7H,1,8-11H2,2H3/q+1. The van der Waals surface area contributed by atoms with Crippen molar-refractivity contribution >= 4 is 25.3 Å². The van der Waals surface area contributed by atoms with E-state index >= 15 is 0 Å². The van der Waals surface area contributed by atoms with Gasteiger partial charge in [-0.3, -0.25) is 4.79 Å². The molecule has 1 atom stereocenters. The Hall–Kier alpha value is -2.04. The molecular formula is C15H18O6P+. The van der Waals surface area contributed by atoms with E-state index in [9.17, 15) is 14.2 Å². The third-order valence-electron chi connectivity index (χ3n) is 2.62. The van der Waals surface area contributed by atoms with Crippen molar-refractivity contribution in [1.82, 2.24) is 0 Å². The number of rotatable bonds is 9. The third-order valence-corrected chi connectivity index (χ3v) is 3.76. The van der Waals surface area contributed by atoms with Gasteiger partial charge in [0.25, 0.3) is 0 Å². The summed E-state index contributed by atoms with van der Waals surface area (Å²) in [7, 11) is -0.719. The lowest BCUT2D eigenvalue weighted by Crippen LogP contribution is -2.11. The largest absolute Gasteiger partial charge is 0.548 e. The molecule has 0 fully saturated rings. The maximum absolute atomic E-state index is 11.7. The second kappa shape index (κ2) is 9.82. The number of methoxy groups -OCH3 is 1. The summed E-state index contributed by atoms with van der Waals surface area (Å²) in [6.45, 7) is 3.55. The molecule has 118 valence electrons. The molecule has 1 unspecified atom stereocenters. The Morgan fingerprint density at radius 3 is 2.45 bits per heavy atom. The van der Waals surface area contributed by atoms with Gasteiger partial charge >= 0.3 is 20.0 Å². The van der Waals surface area contributed by atoms with Gasteiger partial charge in [0.2, 0.25) is 5.30 Å². The number of carbonyl (C=O) groups is 2. The molecule has 0 aliphatic rings. The number of ether oxygens (including phenoxy) is 2. The Morgan fingerprint density at radius 1 is 1.14 bits per heavy atom. The zero-order chi connectivity index (χ0) is 16.4. The minimum Gasteiger partial charge on any atom is -0.466 e. The van der Waals surface area contributed by atoms with Crippen LogP contribution in [0.15, 0.2) is 42.5 Å². The van der Waals surface area contributed by atoms with E-state index in [0.29, 0.717) is 5.30 Å². The van der Waals surface area contributed by atoms with E-state index in [2.05, 4.69) is 11.3 Å². The van der Waals surface area contributed by atoms with Gasteiger partial charge in [-0.15, -0.1) is 4.52 Å². The lowest BCUT2D eigenvalue weighted by Gasteiger charge is -2.04. The number of hydrogen-bond acceptors (Lipinski definition) is 6. The molecule has 0 bridgehead atoms. The van der Waals surface area contributed by atoms with Crippen LogP contribution in [-0.2, 0) is 28.2 Å². The zero-order valence-corrected chi connectivity index (χ0v) is 13.2. The summed E-state index contributed by atoms with van der Waals surface area (Å²) in [5.74, 6) is -1.02. The van der Waals surface area contributed by atoms with E-state index in [4.69, 9.17) is 9.26 Å². The Balaban J connectivity index is 2.17. The van der Waals surface area contributed by atoms with Gasteiger partial charge in [0, 0.05) is 12.0 Å². The first-order valence-electron chi connectivity index (χ1n) is 6.61. The number of hydrogen-bond donors (Lipinski definition) is 0. The van der Waals surface area contributed by atoms with Crippen LogP contribution in [0.2, 0.25) is 0 Å². The Labute approximate surface area is 129 Å². The van der Waals surface area contributed by atoms with Gasteiger partial charge in [-0.1, -0.05) is 24.8 Å². The minimum absolute atomic E-state index is 0.000872. The van der Waals surface area contributed by atoms with Crippen LogP contribution in [0.4, 0.5) is 0 Å². The molecule has 7 heteroatoms.